The lowest BCUT2D eigenvalue weighted by molar-refractivity contribution is 0.351. The molecule has 0 amide bonds. The summed E-state index contributed by atoms with van der Waals surface area (Å²) in [5.74, 6) is 0. The molecule has 1 rings (SSSR count). The minimum atomic E-state index is 0.489. The quantitative estimate of drug-likeness (QED) is 0.575. The van der Waals surface area contributed by atoms with Gasteiger partial charge in [0.05, 0.1) is 6.54 Å². The highest BCUT2D eigenvalue weighted by atomic mass is 15.3. The van der Waals surface area contributed by atoms with Crippen LogP contribution in [0.3, 0.4) is 0 Å². The Bertz CT molecular complexity index is 298. The Balaban J connectivity index is 2.32. The second kappa shape index (κ2) is 10.9. The van der Waals surface area contributed by atoms with Crippen LogP contribution < -0.4 is 5.32 Å². The molecule has 0 aromatic carbocycles. The van der Waals surface area contributed by atoms with Gasteiger partial charge in [-0.15, -0.1) is 0 Å². The molecule has 1 unspecified atom stereocenters. The van der Waals surface area contributed by atoms with Crippen LogP contribution in [0.1, 0.15) is 72.1 Å². The van der Waals surface area contributed by atoms with E-state index in [2.05, 4.69) is 31.2 Å². The first-order valence-corrected chi connectivity index (χ1v) is 8.49. The van der Waals surface area contributed by atoms with Crippen molar-refractivity contribution in [2.24, 2.45) is 0 Å². The van der Waals surface area contributed by atoms with Gasteiger partial charge in [-0.25, -0.2) is 0 Å². The summed E-state index contributed by atoms with van der Waals surface area (Å²) in [6.45, 7) is 7.79. The van der Waals surface area contributed by atoms with Crippen molar-refractivity contribution in [3.8, 4) is 0 Å². The third-order valence-corrected chi connectivity index (χ3v) is 3.85. The van der Waals surface area contributed by atoms with Gasteiger partial charge in [0.2, 0.25) is 0 Å². The summed E-state index contributed by atoms with van der Waals surface area (Å²) in [5.41, 5.74) is 0. The van der Waals surface area contributed by atoms with E-state index >= 15 is 0 Å². The first-order valence-electron chi connectivity index (χ1n) is 8.49. The van der Waals surface area contributed by atoms with Gasteiger partial charge in [-0.05, 0) is 25.8 Å². The predicted octanol–water partition coefficient (Wildman–Crippen LogP) is 4.39. The lowest BCUT2D eigenvalue weighted by Gasteiger charge is -2.23. The summed E-state index contributed by atoms with van der Waals surface area (Å²) < 4.78 is 2.02. The monoisotopic (exact) mass is 279 g/mol. The molecule has 0 fully saturated rings. The summed E-state index contributed by atoms with van der Waals surface area (Å²) in [5, 5.41) is 8.10. The number of nitrogens with one attached hydrogen (secondary N) is 1. The van der Waals surface area contributed by atoms with E-state index in [0.29, 0.717) is 12.1 Å². The van der Waals surface area contributed by atoms with Crippen molar-refractivity contribution >= 4 is 0 Å². The molecule has 1 aromatic rings. The van der Waals surface area contributed by atoms with Crippen LogP contribution in [0.2, 0.25) is 0 Å². The highest BCUT2D eigenvalue weighted by molar-refractivity contribution is 4.80. The van der Waals surface area contributed by atoms with Crippen molar-refractivity contribution in [1.29, 1.82) is 0 Å². The molecule has 1 aromatic heterocycles. The largest absolute Gasteiger partial charge is 0.310 e. The maximum atomic E-state index is 4.29. The lowest BCUT2D eigenvalue weighted by atomic mass is 10.0. The standard InChI is InChI=1S/C17H33N3/c1-4-6-8-11-17(12-9-7-5-2)19-16(3)15-20-14-10-13-18-20/h10,13-14,16-17,19H,4-9,11-12,15H2,1-3H3. The number of hydrogen-bond acceptors (Lipinski definition) is 2. The zero-order valence-corrected chi connectivity index (χ0v) is 13.6. The van der Waals surface area contributed by atoms with Gasteiger partial charge in [0.1, 0.15) is 0 Å². The Morgan fingerprint density at radius 1 is 1.05 bits per heavy atom. The van der Waals surface area contributed by atoms with Crippen molar-refractivity contribution in [3.05, 3.63) is 18.5 Å². The summed E-state index contributed by atoms with van der Waals surface area (Å²) in [6.07, 6.45) is 14.6. The predicted molar refractivity (Wildman–Crippen MR) is 86.9 cm³/mol. The third-order valence-electron chi connectivity index (χ3n) is 3.85. The third kappa shape index (κ3) is 7.68. The van der Waals surface area contributed by atoms with Gasteiger partial charge in [-0.2, -0.15) is 5.10 Å². The molecule has 0 aliphatic rings. The molecule has 116 valence electrons. The Morgan fingerprint density at radius 2 is 1.70 bits per heavy atom. The zero-order valence-electron chi connectivity index (χ0n) is 13.6. The van der Waals surface area contributed by atoms with E-state index in [9.17, 15) is 0 Å². The van der Waals surface area contributed by atoms with Crippen molar-refractivity contribution in [2.45, 2.75) is 90.8 Å². The highest BCUT2D eigenvalue weighted by Crippen LogP contribution is 2.12. The summed E-state index contributed by atoms with van der Waals surface area (Å²) in [6, 6.07) is 3.16. The molecule has 0 spiro atoms. The van der Waals surface area contributed by atoms with E-state index in [1.165, 1.54) is 51.4 Å². The molecule has 0 bridgehead atoms. The molecule has 1 atom stereocenters. The van der Waals surface area contributed by atoms with E-state index in [1.807, 2.05) is 23.1 Å². The van der Waals surface area contributed by atoms with E-state index in [1.54, 1.807) is 0 Å². The molecule has 3 nitrogen and oxygen atoms in total. The number of rotatable bonds is 12. The maximum Gasteiger partial charge on any atom is 0.0560 e. The van der Waals surface area contributed by atoms with E-state index in [4.69, 9.17) is 0 Å². The maximum absolute atomic E-state index is 4.29. The molecule has 3 heteroatoms. The Labute approximate surface area is 125 Å². The zero-order chi connectivity index (χ0) is 14.6. The van der Waals surface area contributed by atoms with Gasteiger partial charge in [0.15, 0.2) is 0 Å². The van der Waals surface area contributed by atoms with Crippen LogP contribution >= 0.6 is 0 Å². The van der Waals surface area contributed by atoms with Crippen molar-refractivity contribution in [2.75, 3.05) is 0 Å². The van der Waals surface area contributed by atoms with Crippen LogP contribution in [0, 0.1) is 0 Å². The highest BCUT2D eigenvalue weighted by Gasteiger charge is 2.12. The van der Waals surface area contributed by atoms with E-state index in [-0.39, 0.29) is 0 Å². The second-order valence-electron chi connectivity index (χ2n) is 5.98. The molecule has 0 radical (unpaired) electrons. The Morgan fingerprint density at radius 3 is 2.20 bits per heavy atom. The average molecular weight is 279 g/mol. The fourth-order valence-electron chi connectivity index (χ4n) is 2.74. The molecule has 0 saturated carbocycles. The second-order valence-corrected chi connectivity index (χ2v) is 5.98. The first kappa shape index (κ1) is 17.2. The lowest BCUT2D eigenvalue weighted by Crippen LogP contribution is -2.39. The van der Waals surface area contributed by atoms with E-state index < -0.39 is 0 Å². The van der Waals surface area contributed by atoms with Crippen LogP contribution in [0.5, 0.6) is 0 Å². The van der Waals surface area contributed by atoms with Gasteiger partial charge < -0.3 is 5.32 Å². The first-order chi connectivity index (χ1) is 9.76. The number of hydrogen-bond donors (Lipinski definition) is 1. The molecule has 1 heterocycles. The molecular weight excluding hydrogens is 246 g/mol. The topological polar surface area (TPSA) is 29.9 Å². The van der Waals surface area contributed by atoms with Gasteiger partial charge in [0.25, 0.3) is 0 Å². The van der Waals surface area contributed by atoms with Crippen LogP contribution in [0.25, 0.3) is 0 Å². The fraction of sp³-hybridized carbons (Fsp3) is 0.824. The van der Waals surface area contributed by atoms with Crippen molar-refractivity contribution in [1.82, 2.24) is 15.1 Å². The van der Waals surface area contributed by atoms with Crippen molar-refractivity contribution < 1.29 is 0 Å². The van der Waals surface area contributed by atoms with Crippen LogP contribution in [-0.4, -0.2) is 21.9 Å². The normalized spacial score (nSPS) is 13.0. The molecule has 0 aliphatic carbocycles. The SMILES string of the molecule is CCCCCC(CCCCC)NC(C)Cn1cccn1. The van der Waals surface area contributed by atoms with Crippen LogP contribution in [0.4, 0.5) is 0 Å². The van der Waals surface area contributed by atoms with Gasteiger partial charge in [-0.1, -0.05) is 52.4 Å². The van der Waals surface area contributed by atoms with Gasteiger partial charge >= 0.3 is 0 Å². The minimum absolute atomic E-state index is 0.489. The average Bonchev–Trinajstić information content (AvgIpc) is 2.91. The van der Waals surface area contributed by atoms with Crippen LogP contribution in [0.15, 0.2) is 18.5 Å². The molecule has 20 heavy (non-hydrogen) atoms. The molecule has 1 N–H and O–H groups in total. The number of aromatic nitrogens is 2. The number of nitrogens with zero attached hydrogens (tertiary/aromatic N) is 2. The minimum Gasteiger partial charge on any atom is -0.310 e. The molecule has 0 saturated heterocycles. The van der Waals surface area contributed by atoms with E-state index in [0.717, 1.165) is 6.54 Å². The van der Waals surface area contributed by atoms with Gasteiger partial charge in [0, 0.05) is 24.5 Å². The summed E-state index contributed by atoms with van der Waals surface area (Å²) in [4.78, 5) is 0. The summed E-state index contributed by atoms with van der Waals surface area (Å²) >= 11 is 0. The van der Waals surface area contributed by atoms with Crippen molar-refractivity contribution in [3.63, 3.8) is 0 Å². The molecular formula is C17H33N3. The number of unbranched alkanes of at least 4 members (excludes halogenated alkanes) is 4. The Hall–Kier alpha value is -0.830. The van der Waals surface area contributed by atoms with Crippen LogP contribution in [-0.2, 0) is 6.54 Å². The molecule has 0 aliphatic heterocycles. The van der Waals surface area contributed by atoms with Gasteiger partial charge in [-0.3, -0.25) is 4.68 Å². The smallest absolute Gasteiger partial charge is 0.0560 e. The summed E-state index contributed by atoms with van der Waals surface area (Å²) in [7, 11) is 0. The Kier molecular flexibility index (Phi) is 9.38. The fourth-order valence-corrected chi connectivity index (χ4v) is 2.74.